The van der Waals surface area contributed by atoms with Crippen LogP contribution >= 0.6 is 0 Å². The lowest BCUT2D eigenvalue weighted by Crippen LogP contribution is -2.49. The van der Waals surface area contributed by atoms with Crippen LogP contribution in [0.25, 0.3) is 0 Å². The van der Waals surface area contributed by atoms with Gasteiger partial charge in [0, 0.05) is 26.2 Å². The molecule has 1 aromatic rings. The van der Waals surface area contributed by atoms with E-state index < -0.39 is 36.3 Å². The smallest absolute Gasteiger partial charge is 0.407 e. The predicted octanol–water partition coefficient (Wildman–Crippen LogP) is 2.10. The average Bonchev–Trinajstić information content (AvgIpc) is 2.85. The second-order valence-corrected chi connectivity index (χ2v) is 5.96. The van der Waals surface area contributed by atoms with Crippen molar-refractivity contribution in [2.45, 2.75) is 12.5 Å². The second kappa shape index (κ2) is 6.34. The topological polar surface area (TPSA) is 62.3 Å². The van der Waals surface area contributed by atoms with Crippen molar-refractivity contribution in [2.24, 2.45) is 0 Å². The van der Waals surface area contributed by atoms with Gasteiger partial charge in [-0.15, -0.1) is 0 Å². The summed E-state index contributed by atoms with van der Waals surface area (Å²) in [4.78, 5) is 26.7. The maximum atomic E-state index is 14.2. The number of carbonyl (C=O) groups excluding carboxylic acids is 2. The molecule has 1 aromatic carbocycles. The summed E-state index contributed by atoms with van der Waals surface area (Å²) >= 11 is 0. The molecule has 0 radical (unpaired) electrons. The zero-order valence-electron chi connectivity index (χ0n) is 13.5. The number of ether oxygens (including phenoxy) is 2. The van der Waals surface area contributed by atoms with Gasteiger partial charge in [0.2, 0.25) is 0 Å². The molecule has 25 heavy (non-hydrogen) atoms. The van der Waals surface area contributed by atoms with E-state index in [1.165, 1.54) is 19.0 Å². The lowest BCUT2D eigenvalue weighted by Gasteiger charge is -2.36. The molecule has 2 aliphatic rings. The third kappa shape index (κ3) is 3.28. The summed E-state index contributed by atoms with van der Waals surface area (Å²) in [5, 5.41) is 0. The number of anilines is 2. The zero-order valence-corrected chi connectivity index (χ0v) is 13.5. The number of rotatable bonds is 3. The fourth-order valence-corrected chi connectivity index (χ4v) is 2.54. The first-order chi connectivity index (χ1) is 11.8. The van der Waals surface area contributed by atoms with Crippen LogP contribution in [0.15, 0.2) is 12.1 Å². The summed E-state index contributed by atoms with van der Waals surface area (Å²) in [6, 6.07) is 1.92. The van der Waals surface area contributed by atoms with E-state index in [2.05, 4.69) is 0 Å². The molecule has 2 fully saturated rings. The van der Waals surface area contributed by atoms with Crippen LogP contribution in [0.2, 0.25) is 0 Å². The van der Waals surface area contributed by atoms with E-state index in [0.29, 0.717) is 0 Å². The Morgan fingerprint density at radius 3 is 2.36 bits per heavy atom. The van der Waals surface area contributed by atoms with Crippen LogP contribution in [-0.4, -0.2) is 63.3 Å². The molecule has 0 spiro atoms. The van der Waals surface area contributed by atoms with Crippen LogP contribution in [0, 0.1) is 11.6 Å². The quantitative estimate of drug-likeness (QED) is 0.827. The van der Waals surface area contributed by atoms with Crippen molar-refractivity contribution in [3.8, 4) is 0 Å². The summed E-state index contributed by atoms with van der Waals surface area (Å²) < 4.78 is 51.1. The zero-order chi connectivity index (χ0) is 18.3. The van der Waals surface area contributed by atoms with Crippen LogP contribution in [0.3, 0.4) is 0 Å². The molecule has 0 N–H and O–H groups in total. The molecule has 3 rings (SSSR count). The van der Waals surface area contributed by atoms with E-state index in [1.54, 1.807) is 0 Å². The Hall–Kier alpha value is -2.65. The Labute approximate surface area is 141 Å². The molecule has 0 aliphatic carbocycles. The van der Waals surface area contributed by atoms with Crippen molar-refractivity contribution in [3.05, 3.63) is 23.8 Å². The molecule has 2 heterocycles. The van der Waals surface area contributed by atoms with Gasteiger partial charge in [0.05, 0.1) is 18.8 Å². The highest BCUT2D eigenvalue weighted by atomic mass is 19.1. The largest absolute Gasteiger partial charge is 0.417 e. The Balaban J connectivity index is 1.76. The first-order valence-corrected chi connectivity index (χ1v) is 7.50. The third-order valence-corrected chi connectivity index (χ3v) is 3.85. The number of amides is 2. The molecule has 2 aliphatic heterocycles. The summed E-state index contributed by atoms with van der Waals surface area (Å²) in [5.41, 5.74) is -0.412. The van der Waals surface area contributed by atoms with Gasteiger partial charge < -0.3 is 19.3 Å². The Kier molecular flexibility index (Phi) is 4.36. The molecule has 0 unspecified atom stereocenters. The van der Waals surface area contributed by atoms with Crippen molar-refractivity contribution in [1.82, 2.24) is 4.90 Å². The van der Waals surface area contributed by atoms with Crippen molar-refractivity contribution < 1.29 is 32.2 Å². The fraction of sp³-hybridized carbons (Fsp3) is 0.467. The van der Waals surface area contributed by atoms with Crippen molar-refractivity contribution in [1.29, 1.82) is 0 Å². The number of cyclic esters (lactones) is 1. The van der Waals surface area contributed by atoms with Gasteiger partial charge in [0.25, 0.3) is 6.29 Å². The Bertz CT molecular complexity index is 686. The number of halogens is 3. The maximum absolute atomic E-state index is 14.2. The number of hydrogen-bond acceptors (Lipinski definition) is 5. The molecular formula is C15H16F3N3O4. The van der Waals surface area contributed by atoms with Gasteiger partial charge in [0.15, 0.2) is 11.6 Å². The minimum Gasteiger partial charge on any atom is -0.407 e. The van der Waals surface area contributed by atoms with E-state index >= 15 is 0 Å². The molecule has 2 amide bonds. The Morgan fingerprint density at radius 2 is 1.84 bits per heavy atom. The van der Waals surface area contributed by atoms with Gasteiger partial charge in [-0.25, -0.2) is 22.8 Å². The monoisotopic (exact) mass is 359 g/mol. The van der Waals surface area contributed by atoms with Gasteiger partial charge >= 0.3 is 12.2 Å². The molecule has 10 heteroatoms. The van der Waals surface area contributed by atoms with Gasteiger partial charge in [-0.3, -0.25) is 4.90 Å². The minimum absolute atomic E-state index is 0.0792. The Morgan fingerprint density at radius 1 is 1.24 bits per heavy atom. The van der Waals surface area contributed by atoms with Gasteiger partial charge in [0.1, 0.15) is 18.4 Å². The van der Waals surface area contributed by atoms with Gasteiger partial charge in [-0.1, -0.05) is 0 Å². The lowest BCUT2D eigenvalue weighted by atomic mass is 10.1. The van der Waals surface area contributed by atoms with Gasteiger partial charge in [-0.05, 0) is 0 Å². The van der Waals surface area contributed by atoms with Crippen LogP contribution in [-0.2, 0) is 9.47 Å². The molecule has 0 bridgehead atoms. The standard InChI is InChI=1S/C15H16F3N3O4/c1-19(2)14(22)24-12-7-21(15(23)25-12)9-3-10(17)13(11(18)4-9)20-5-8(16)6-20/h3-4,8,12H,5-7H2,1-2H3/t12-/m0/s1. The van der Waals surface area contributed by atoms with E-state index in [1.807, 2.05) is 0 Å². The maximum Gasteiger partial charge on any atom is 0.417 e. The summed E-state index contributed by atoms with van der Waals surface area (Å²) in [6.45, 7) is -0.365. The highest BCUT2D eigenvalue weighted by Gasteiger charge is 2.37. The predicted molar refractivity (Wildman–Crippen MR) is 81.3 cm³/mol. The number of hydrogen-bond donors (Lipinski definition) is 0. The molecule has 136 valence electrons. The normalized spacial score (nSPS) is 20.4. The SMILES string of the molecule is CN(C)C(=O)O[C@@H]1CN(c2cc(F)c(N3CC(F)C3)c(F)c2)C(=O)O1. The number of carbonyl (C=O) groups is 2. The third-order valence-electron chi connectivity index (χ3n) is 3.85. The number of nitrogens with zero attached hydrogens (tertiary/aromatic N) is 3. The van der Waals surface area contributed by atoms with E-state index in [9.17, 15) is 22.8 Å². The average molecular weight is 359 g/mol. The van der Waals surface area contributed by atoms with E-state index in [4.69, 9.17) is 9.47 Å². The number of benzene rings is 1. The summed E-state index contributed by atoms with van der Waals surface area (Å²) in [7, 11) is 2.91. The van der Waals surface area contributed by atoms with Crippen molar-refractivity contribution in [2.75, 3.05) is 43.5 Å². The van der Waals surface area contributed by atoms with Crippen molar-refractivity contribution >= 4 is 23.6 Å². The van der Waals surface area contributed by atoms with E-state index in [0.717, 1.165) is 21.9 Å². The summed E-state index contributed by atoms with van der Waals surface area (Å²) in [6.07, 6.45) is -3.91. The van der Waals surface area contributed by atoms with Gasteiger partial charge in [-0.2, -0.15) is 0 Å². The molecule has 1 atom stereocenters. The first-order valence-electron chi connectivity index (χ1n) is 7.50. The number of alkyl halides is 1. The van der Waals surface area contributed by atoms with Crippen LogP contribution in [0.4, 0.5) is 34.1 Å². The fourth-order valence-electron chi connectivity index (χ4n) is 2.54. The highest BCUT2D eigenvalue weighted by molar-refractivity contribution is 5.90. The molecule has 0 saturated carbocycles. The lowest BCUT2D eigenvalue weighted by molar-refractivity contribution is -0.0386. The second-order valence-electron chi connectivity index (χ2n) is 5.96. The molecule has 7 nitrogen and oxygen atoms in total. The van der Waals surface area contributed by atoms with Crippen molar-refractivity contribution in [3.63, 3.8) is 0 Å². The molecule has 2 saturated heterocycles. The van der Waals surface area contributed by atoms with E-state index in [-0.39, 0.29) is 31.0 Å². The summed E-state index contributed by atoms with van der Waals surface area (Å²) in [5.74, 6) is -1.83. The van der Waals surface area contributed by atoms with Crippen LogP contribution in [0.5, 0.6) is 0 Å². The molecule has 0 aromatic heterocycles. The van der Waals surface area contributed by atoms with Crippen LogP contribution in [0.1, 0.15) is 0 Å². The first kappa shape index (κ1) is 17.2. The van der Waals surface area contributed by atoms with Crippen LogP contribution < -0.4 is 9.80 Å². The molecular weight excluding hydrogens is 343 g/mol. The minimum atomic E-state index is -1.18. The highest BCUT2D eigenvalue weighted by Crippen LogP contribution is 2.33.